The van der Waals surface area contributed by atoms with Gasteiger partial charge in [-0.1, -0.05) is 104 Å². The predicted molar refractivity (Wildman–Crippen MR) is 166 cm³/mol. The summed E-state index contributed by atoms with van der Waals surface area (Å²) in [6.07, 6.45) is 5.70. The Bertz CT molecular complexity index is 1590. The van der Waals surface area contributed by atoms with Gasteiger partial charge in [-0.25, -0.2) is 0 Å². The second kappa shape index (κ2) is 12.2. The summed E-state index contributed by atoms with van der Waals surface area (Å²) >= 11 is 0. The Kier molecular flexibility index (Phi) is 8.04. The van der Waals surface area contributed by atoms with E-state index in [-0.39, 0.29) is 36.9 Å². The van der Waals surface area contributed by atoms with E-state index < -0.39 is 6.04 Å². The van der Waals surface area contributed by atoms with Crippen molar-refractivity contribution in [2.24, 2.45) is 0 Å². The summed E-state index contributed by atoms with van der Waals surface area (Å²) in [5.74, 6) is -0.575. The van der Waals surface area contributed by atoms with E-state index in [1.54, 1.807) is 9.80 Å². The molecule has 1 aliphatic carbocycles. The first-order chi connectivity index (χ1) is 20.5. The largest absolute Gasteiger partial charge is 0.352 e. The number of hydrogen-bond acceptors (Lipinski definition) is 3. The third-order valence-corrected chi connectivity index (χ3v) is 8.64. The van der Waals surface area contributed by atoms with Crippen LogP contribution in [0.4, 0.5) is 5.69 Å². The van der Waals surface area contributed by atoms with Crippen molar-refractivity contribution in [2.75, 3.05) is 11.4 Å². The molecule has 6 nitrogen and oxygen atoms in total. The molecule has 214 valence electrons. The van der Waals surface area contributed by atoms with Gasteiger partial charge in [-0.15, -0.1) is 0 Å². The second-order valence-corrected chi connectivity index (χ2v) is 11.6. The number of benzene rings is 4. The summed E-state index contributed by atoms with van der Waals surface area (Å²) < 4.78 is 0. The number of nitrogens with zero attached hydrogens (tertiary/aromatic N) is 2. The van der Waals surface area contributed by atoms with Crippen LogP contribution in [-0.4, -0.2) is 41.2 Å². The molecule has 1 N–H and O–H groups in total. The van der Waals surface area contributed by atoms with Crippen molar-refractivity contribution in [1.29, 1.82) is 0 Å². The summed E-state index contributed by atoms with van der Waals surface area (Å²) in [6, 6.07) is 28.8. The van der Waals surface area contributed by atoms with Gasteiger partial charge in [0.2, 0.25) is 11.8 Å². The van der Waals surface area contributed by atoms with E-state index in [0.717, 1.165) is 58.8 Å². The van der Waals surface area contributed by atoms with Crippen LogP contribution < -0.4 is 10.2 Å². The number of hydrogen-bond donors (Lipinski definition) is 1. The molecular weight excluding hydrogens is 522 g/mol. The molecular formula is C36H37N3O3. The molecule has 0 radical (unpaired) electrons. The molecule has 0 bridgehead atoms. The molecule has 2 aliphatic rings. The van der Waals surface area contributed by atoms with Gasteiger partial charge >= 0.3 is 0 Å². The Balaban J connectivity index is 1.34. The van der Waals surface area contributed by atoms with E-state index in [2.05, 4.69) is 5.32 Å². The van der Waals surface area contributed by atoms with Crippen LogP contribution in [-0.2, 0) is 22.6 Å². The highest BCUT2D eigenvalue weighted by molar-refractivity contribution is 6.26. The van der Waals surface area contributed by atoms with Gasteiger partial charge in [0.05, 0.1) is 5.69 Å². The minimum absolute atomic E-state index is 0.119. The van der Waals surface area contributed by atoms with Crippen molar-refractivity contribution in [3.63, 3.8) is 0 Å². The highest BCUT2D eigenvalue weighted by atomic mass is 16.2. The Morgan fingerprint density at radius 2 is 1.57 bits per heavy atom. The number of carbonyl (C=O) groups excluding carboxylic acids is 3. The topological polar surface area (TPSA) is 69.7 Å². The Morgan fingerprint density at radius 1 is 0.857 bits per heavy atom. The molecule has 0 spiro atoms. The van der Waals surface area contributed by atoms with Gasteiger partial charge in [0.15, 0.2) is 0 Å². The summed E-state index contributed by atoms with van der Waals surface area (Å²) in [5, 5.41) is 5.13. The SMILES string of the molecule is Cc1ccc(CN(C(=O)CN2C(=O)c3cccc4cccc2c34)[C@@H](Cc2ccccc2)C(=O)NC2CCCCC2)cc1. The lowest BCUT2D eigenvalue weighted by atomic mass is 9.94. The Morgan fingerprint density at radius 3 is 2.31 bits per heavy atom. The molecule has 1 saturated carbocycles. The first-order valence-electron chi connectivity index (χ1n) is 15.0. The number of aryl methyl sites for hydroxylation is 1. The monoisotopic (exact) mass is 559 g/mol. The standard InChI is InChI=1S/C36H37N3O3/c1-25-18-20-27(21-19-25)23-38(32(22-26-10-4-2-5-11-26)35(41)37-29-14-6-3-7-15-29)33(40)24-39-31-17-9-13-28-12-8-16-30(34(28)31)36(39)42/h2,4-5,8-13,16-21,29,32H,3,6-7,14-15,22-24H2,1H3,(H,37,41)/t32-/m0/s1. The van der Waals surface area contributed by atoms with Gasteiger partial charge < -0.3 is 10.2 Å². The predicted octanol–water partition coefficient (Wildman–Crippen LogP) is 6.20. The first kappa shape index (κ1) is 27.7. The summed E-state index contributed by atoms with van der Waals surface area (Å²) in [6.45, 7) is 2.16. The smallest absolute Gasteiger partial charge is 0.259 e. The molecule has 4 aromatic rings. The van der Waals surface area contributed by atoms with Gasteiger partial charge in [-0.2, -0.15) is 0 Å². The van der Waals surface area contributed by atoms with Crippen molar-refractivity contribution in [3.8, 4) is 0 Å². The summed E-state index contributed by atoms with van der Waals surface area (Å²) in [5.41, 5.74) is 4.40. The van der Waals surface area contributed by atoms with Gasteiger partial charge in [-0.3, -0.25) is 19.3 Å². The van der Waals surface area contributed by atoms with Crippen LogP contribution in [0, 0.1) is 6.92 Å². The zero-order chi connectivity index (χ0) is 29.1. The van der Waals surface area contributed by atoms with Crippen molar-refractivity contribution < 1.29 is 14.4 Å². The average molecular weight is 560 g/mol. The molecule has 1 aliphatic heterocycles. The lowest BCUT2D eigenvalue weighted by molar-refractivity contribution is -0.140. The number of carbonyl (C=O) groups is 3. The molecule has 0 unspecified atom stereocenters. The zero-order valence-electron chi connectivity index (χ0n) is 24.1. The average Bonchev–Trinajstić information content (AvgIpc) is 3.28. The first-order valence-corrected chi connectivity index (χ1v) is 15.0. The van der Waals surface area contributed by atoms with E-state index in [1.807, 2.05) is 97.9 Å². The number of anilines is 1. The molecule has 4 aromatic carbocycles. The third kappa shape index (κ3) is 5.80. The fraction of sp³-hybridized carbons (Fsp3) is 0.306. The third-order valence-electron chi connectivity index (χ3n) is 8.64. The van der Waals surface area contributed by atoms with Crippen LogP contribution in [0.1, 0.15) is 59.2 Å². The number of rotatable bonds is 9. The molecule has 1 atom stereocenters. The summed E-state index contributed by atoms with van der Waals surface area (Å²) in [4.78, 5) is 45.2. The van der Waals surface area contributed by atoms with Crippen LogP contribution in [0.5, 0.6) is 0 Å². The number of nitrogens with one attached hydrogen (secondary N) is 1. The fourth-order valence-corrected chi connectivity index (χ4v) is 6.35. The highest BCUT2D eigenvalue weighted by Gasteiger charge is 2.36. The van der Waals surface area contributed by atoms with E-state index in [9.17, 15) is 14.4 Å². The van der Waals surface area contributed by atoms with Gasteiger partial charge in [0, 0.05) is 30.0 Å². The summed E-state index contributed by atoms with van der Waals surface area (Å²) in [7, 11) is 0. The number of amides is 3. The highest BCUT2D eigenvalue weighted by Crippen LogP contribution is 2.37. The van der Waals surface area contributed by atoms with Crippen molar-refractivity contribution >= 4 is 34.2 Å². The minimum atomic E-state index is -0.723. The molecule has 6 rings (SSSR count). The van der Waals surface area contributed by atoms with Crippen molar-refractivity contribution in [1.82, 2.24) is 10.2 Å². The van der Waals surface area contributed by atoms with Crippen LogP contribution in [0.3, 0.4) is 0 Å². The normalized spacial score (nSPS) is 15.5. The Hall–Kier alpha value is -4.45. The maximum atomic E-state index is 14.4. The van der Waals surface area contributed by atoms with Crippen molar-refractivity contribution in [3.05, 3.63) is 113 Å². The molecule has 1 fully saturated rings. The van der Waals surface area contributed by atoms with Crippen LogP contribution in [0.15, 0.2) is 91.0 Å². The lowest BCUT2D eigenvalue weighted by Crippen LogP contribution is -2.54. The zero-order valence-corrected chi connectivity index (χ0v) is 24.1. The molecule has 0 saturated heterocycles. The molecule has 6 heteroatoms. The van der Waals surface area contributed by atoms with Gasteiger partial charge in [0.1, 0.15) is 12.6 Å². The molecule has 1 heterocycles. The maximum absolute atomic E-state index is 14.4. The van der Waals surface area contributed by atoms with Crippen molar-refractivity contribution in [2.45, 2.75) is 64.1 Å². The molecule has 42 heavy (non-hydrogen) atoms. The van der Waals surface area contributed by atoms with E-state index in [4.69, 9.17) is 0 Å². The lowest BCUT2D eigenvalue weighted by Gasteiger charge is -2.34. The van der Waals surface area contributed by atoms with E-state index in [0.29, 0.717) is 12.0 Å². The fourth-order valence-electron chi connectivity index (χ4n) is 6.35. The van der Waals surface area contributed by atoms with E-state index in [1.165, 1.54) is 6.42 Å². The van der Waals surface area contributed by atoms with Crippen LogP contribution in [0.2, 0.25) is 0 Å². The van der Waals surface area contributed by atoms with Gasteiger partial charge in [0.25, 0.3) is 5.91 Å². The van der Waals surface area contributed by atoms with Crippen LogP contribution >= 0.6 is 0 Å². The maximum Gasteiger partial charge on any atom is 0.259 e. The van der Waals surface area contributed by atoms with Crippen LogP contribution in [0.25, 0.3) is 10.8 Å². The van der Waals surface area contributed by atoms with E-state index >= 15 is 0 Å². The molecule has 3 amide bonds. The second-order valence-electron chi connectivity index (χ2n) is 11.6. The van der Waals surface area contributed by atoms with Gasteiger partial charge in [-0.05, 0) is 48.4 Å². The molecule has 0 aromatic heterocycles. The minimum Gasteiger partial charge on any atom is -0.352 e. The quantitative estimate of drug-likeness (QED) is 0.266. The Labute approximate surface area is 247 Å².